The smallest absolute Gasteiger partial charge is 0.275 e. The molecule has 7 heteroatoms. The van der Waals surface area contributed by atoms with E-state index < -0.39 is 0 Å². The summed E-state index contributed by atoms with van der Waals surface area (Å²) in [5.74, 6) is -0.736. The van der Waals surface area contributed by atoms with Gasteiger partial charge in [-0.2, -0.15) is 0 Å². The van der Waals surface area contributed by atoms with Crippen LogP contribution in [0.15, 0.2) is 67.0 Å². The summed E-state index contributed by atoms with van der Waals surface area (Å²) in [6.07, 6.45) is 2.79. The second-order valence-electron chi connectivity index (χ2n) is 6.76. The van der Waals surface area contributed by atoms with Gasteiger partial charge in [-0.25, -0.2) is 14.4 Å². The van der Waals surface area contributed by atoms with Crippen LogP contribution in [0.2, 0.25) is 0 Å². The third-order valence-corrected chi connectivity index (χ3v) is 5.65. The molecule has 1 N–H and O–H groups in total. The monoisotopic (exact) mass is 402 g/mol. The summed E-state index contributed by atoms with van der Waals surface area (Å²) in [4.78, 5) is 21.4. The van der Waals surface area contributed by atoms with E-state index >= 15 is 0 Å². The number of imidazole rings is 1. The summed E-state index contributed by atoms with van der Waals surface area (Å²) in [5.41, 5.74) is 4.57. The molecule has 5 rings (SSSR count). The highest BCUT2D eigenvalue weighted by molar-refractivity contribution is 7.21. The van der Waals surface area contributed by atoms with Crippen molar-refractivity contribution >= 4 is 38.8 Å². The summed E-state index contributed by atoms with van der Waals surface area (Å²) in [7, 11) is 0. The minimum absolute atomic E-state index is 0.223. The van der Waals surface area contributed by atoms with Gasteiger partial charge in [-0.3, -0.25) is 4.79 Å². The quantitative estimate of drug-likeness (QED) is 0.445. The van der Waals surface area contributed by atoms with Crippen LogP contribution in [0.1, 0.15) is 16.1 Å². The molecule has 0 fully saturated rings. The molecule has 0 spiro atoms. The molecule has 142 valence electrons. The molecule has 0 aliphatic rings. The number of anilines is 1. The van der Waals surface area contributed by atoms with E-state index in [1.165, 1.54) is 34.5 Å². The fourth-order valence-corrected chi connectivity index (χ4v) is 4.19. The maximum absolute atomic E-state index is 13.3. The van der Waals surface area contributed by atoms with Crippen LogP contribution in [0.4, 0.5) is 10.1 Å². The molecule has 0 aliphatic heterocycles. The molecule has 5 aromatic rings. The number of fused-ring (bicyclic) bond motifs is 2. The second-order valence-corrected chi connectivity index (χ2v) is 7.79. The fraction of sp³-hybridized carbons (Fsp3) is 0.0455. The van der Waals surface area contributed by atoms with Crippen molar-refractivity contribution in [2.45, 2.75) is 6.92 Å². The Balaban J connectivity index is 1.36. The number of halogens is 1. The van der Waals surface area contributed by atoms with Gasteiger partial charge in [-0.15, -0.1) is 11.3 Å². The minimum Gasteiger partial charge on any atom is -0.321 e. The zero-order chi connectivity index (χ0) is 20.0. The van der Waals surface area contributed by atoms with E-state index in [4.69, 9.17) is 0 Å². The number of pyridine rings is 1. The number of nitrogens with one attached hydrogen (secondary N) is 1. The molecule has 29 heavy (non-hydrogen) atoms. The van der Waals surface area contributed by atoms with Gasteiger partial charge in [0.1, 0.15) is 22.2 Å². The van der Waals surface area contributed by atoms with Gasteiger partial charge in [0.15, 0.2) is 0 Å². The first-order chi connectivity index (χ1) is 14.0. The van der Waals surface area contributed by atoms with E-state index in [-0.39, 0.29) is 17.4 Å². The van der Waals surface area contributed by atoms with Crippen molar-refractivity contribution < 1.29 is 9.18 Å². The molecule has 2 aromatic carbocycles. The molecule has 0 bridgehead atoms. The lowest BCUT2D eigenvalue weighted by Gasteiger charge is -2.04. The minimum atomic E-state index is -0.387. The predicted molar refractivity (Wildman–Crippen MR) is 113 cm³/mol. The summed E-state index contributed by atoms with van der Waals surface area (Å²) in [6, 6.07) is 16.6. The molecule has 0 saturated heterocycles. The first kappa shape index (κ1) is 17.5. The van der Waals surface area contributed by atoms with Gasteiger partial charge in [0.2, 0.25) is 0 Å². The number of amides is 1. The third-order valence-electron chi connectivity index (χ3n) is 4.58. The number of aryl methyl sites for hydroxylation is 1. The average molecular weight is 402 g/mol. The lowest BCUT2D eigenvalue weighted by molar-refractivity contribution is 0.102. The van der Waals surface area contributed by atoms with Gasteiger partial charge < -0.3 is 9.72 Å². The van der Waals surface area contributed by atoms with Crippen LogP contribution in [-0.4, -0.2) is 20.3 Å². The Morgan fingerprint density at radius 1 is 1.03 bits per heavy atom. The number of nitrogens with zero attached hydrogens (tertiary/aromatic N) is 3. The third kappa shape index (κ3) is 3.36. The molecule has 1 amide bonds. The average Bonchev–Trinajstić information content (AvgIpc) is 3.31. The van der Waals surface area contributed by atoms with E-state index in [1.54, 1.807) is 11.3 Å². The van der Waals surface area contributed by atoms with Gasteiger partial charge in [0.05, 0.1) is 10.2 Å². The maximum atomic E-state index is 13.3. The van der Waals surface area contributed by atoms with Crippen LogP contribution in [0.5, 0.6) is 0 Å². The number of carbonyl (C=O) groups is 1. The molecule has 3 aromatic heterocycles. The summed E-state index contributed by atoms with van der Waals surface area (Å²) in [5, 5.41) is 3.76. The molecule has 0 saturated carbocycles. The topological polar surface area (TPSA) is 59.3 Å². The molecule has 0 aliphatic carbocycles. The Morgan fingerprint density at radius 2 is 1.86 bits per heavy atom. The molecule has 5 nitrogen and oxygen atoms in total. The number of hydrogen-bond donors (Lipinski definition) is 1. The summed E-state index contributed by atoms with van der Waals surface area (Å²) in [6.45, 7) is 2.07. The Kier molecular flexibility index (Phi) is 4.10. The van der Waals surface area contributed by atoms with Gasteiger partial charge in [0.25, 0.3) is 5.91 Å². The van der Waals surface area contributed by atoms with Gasteiger partial charge >= 0.3 is 0 Å². The number of aromatic nitrogens is 3. The fourth-order valence-electron chi connectivity index (χ4n) is 3.12. The Morgan fingerprint density at radius 3 is 2.69 bits per heavy atom. The van der Waals surface area contributed by atoms with Crippen molar-refractivity contribution in [2.24, 2.45) is 0 Å². The summed E-state index contributed by atoms with van der Waals surface area (Å²) < 4.78 is 15.9. The highest BCUT2D eigenvalue weighted by Crippen LogP contribution is 2.31. The Labute approximate surface area is 169 Å². The Bertz CT molecular complexity index is 1370. The van der Waals surface area contributed by atoms with Crippen LogP contribution in [0.25, 0.3) is 26.4 Å². The zero-order valence-electron chi connectivity index (χ0n) is 15.4. The van der Waals surface area contributed by atoms with Crippen LogP contribution in [0.3, 0.4) is 0 Å². The first-order valence-electron chi connectivity index (χ1n) is 8.98. The first-order valence-corrected chi connectivity index (χ1v) is 9.80. The van der Waals surface area contributed by atoms with Gasteiger partial charge in [-0.1, -0.05) is 6.07 Å². The van der Waals surface area contributed by atoms with E-state index in [9.17, 15) is 9.18 Å². The molecule has 0 atom stereocenters. The van der Waals surface area contributed by atoms with Crippen molar-refractivity contribution in [3.63, 3.8) is 0 Å². The molecular weight excluding hydrogens is 387 g/mol. The predicted octanol–water partition coefficient (Wildman–Crippen LogP) is 5.31. The van der Waals surface area contributed by atoms with E-state index in [0.717, 1.165) is 20.8 Å². The van der Waals surface area contributed by atoms with Crippen LogP contribution in [-0.2, 0) is 0 Å². The maximum Gasteiger partial charge on any atom is 0.275 e. The van der Waals surface area contributed by atoms with E-state index in [2.05, 4.69) is 34.3 Å². The SMILES string of the molecule is Cc1ccc2nc(-c3ccc(NC(=O)c4cn5cc(F)ccc5n4)cc3)sc2c1. The number of rotatable bonds is 3. The highest BCUT2D eigenvalue weighted by atomic mass is 32.1. The lowest BCUT2D eigenvalue weighted by atomic mass is 10.2. The molecule has 0 radical (unpaired) electrons. The van der Waals surface area contributed by atoms with Crippen molar-refractivity contribution in [3.05, 3.63) is 84.1 Å². The zero-order valence-corrected chi connectivity index (χ0v) is 16.2. The highest BCUT2D eigenvalue weighted by Gasteiger charge is 2.12. The van der Waals surface area contributed by atoms with Crippen LogP contribution in [0, 0.1) is 12.7 Å². The van der Waals surface area contributed by atoms with Crippen molar-refractivity contribution in [3.8, 4) is 10.6 Å². The van der Waals surface area contributed by atoms with Crippen molar-refractivity contribution in [1.29, 1.82) is 0 Å². The van der Waals surface area contributed by atoms with E-state index in [1.807, 2.05) is 30.3 Å². The van der Waals surface area contributed by atoms with Crippen LogP contribution >= 0.6 is 11.3 Å². The lowest BCUT2D eigenvalue weighted by Crippen LogP contribution is -2.12. The van der Waals surface area contributed by atoms with Crippen molar-refractivity contribution in [1.82, 2.24) is 14.4 Å². The van der Waals surface area contributed by atoms with Crippen molar-refractivity contribution in [2.75, 3.05) is 5.32 Å². The molecular formula is C22H15FN4OS. The summed E-state index contributed by atoms with van der Waals surface area (Å²) >= 11 is 1.64. The number of thiazole rings is 1. The number of benzene rings is 2. The van der Waals surface area contributed by atoms with E-state index in [0.29, 0.717) is 11.3 Å². The standard InChI is InChI=1S/C22H15FN4OS/c1-13-2-8-17-19(10-13)29-22(26-17)14-3-6-16(7-4-14)24-21(28)18-12-27-11-15(23)5-9-20(27)25-18/h2-12H,1H3,(H,24,28). The Hall–Kier alpha value is -3.58. The van der Waals surface area contributed by atoms with Gasteiger partial charge in [0, 0.05) is 23.6 Å². The molecule has 0 unspecified atom stereocenters. The molecule has 3 heterocycles. The normalized spacial score (nSPS) is 11.2. The van der Waals surface area contributed by atoms with Gasteiger partial charge in [-0.05, 0) is 61.0 Å². The second kappa shape index (κ2) is 6.79. The number of carbonyl (C=O) groups excluding carboxylic acids is 1. The number of hydrogen-bond acceptors (Lipinski definition) is 4. The largest absolute Gasteiger partial charge is 0.321 e. The van der Waals surface area contributed by atoms with Crippen LogP contribution < -0.4 is 5.32 Å².